The first kappa shape index (κ1) is 19.5. The summed E-state index contributed by atoms with van der Waals surface area (Å²) in [5.74, 6) is 0.452. The number of hydrogen-bond donors (Lipinski definition) is 1. The first-order valence-electron chi connectivity index (χ1n) is 9.87. The Hall–Kier alpha value is -3.43. The standard InChI is InChI=1S/C21H19F3N6O/c1-12(14-4-3-5-16(27-14)21(22,23)24)26-19-13-11-29(20(2)7-8-20)18(31)10-15(13)30-17(28-19)6-9-25-30/h3-6,9-12H,7-8H2,1-2H3,(H,26,28)/t12-/m1/s1. The smallest absolute Gasteiger partial charge is 0.361 e. The molecule has 7 nitrogen and oxygen atoms in total. The van der Waals surface area contributed by atoms with E-state index >= 15 is 0 Å². The molecule has 1 N–H and O–H groups in total. The molecule has 31 heavy (non-hydrogen) atoms. The minimum atomic E-state index is -4.52. The molecule has 4 heterocycles. The SMILES string of the molecule is C[C@@H](Nc1nc2ccnn2c2cc(=O)n(C3(C)CC3)cc12)c1cccc(C(F)(F)F)n1. The van der Waals surface area contributed by atoms with Crippen molar-refractivity contribution in [1.82, 2.24) is 24.1 Å². The third-order valence-electron chi connectivity index (χ3n) is 5.78. The number of alkyl halides is 3. The average molecular weight is 428 g/mol. The molecule has 1 aliphatic carbocycles. The van der Waals surface area contributed by atoms with Crippen LogP contribution >= 0.6 is 0 Å². The van der Waals surface area contributed by atoms with Gasteiger partial charge in [-0.3, -0.25) is 4.79 Å². The molecule has 0 aliphatic heterocycles. The monoisotopic (exact) mass is 428 g/mol. The number of nitrogens with zero attached hydrogens (tertiary/aromatic N) is 5. The summed E-state index contributed by atoms with van der Waals surface area (Å²) >= 11 is 0. The Morgan fingerprint density at radius 1 is 1.19 bits per heavy atom. The molecule has 4 aromatic rings. The first-order valence-corrected chi connectivity index (χ1v) is 9.87. The first-order chi connectivity index (χ1) is 14.7. The van der Waals surface area contributed by atoms with Crippen LogP contribution in [0, 0.1) is 0 Å². The van der Waals surface area contributed by atoms with Crippen molar-refractivity contribution in [2.45, 2.75) is 44.4 Å². The van der Waals surface area contributed by atoms with Crippen LogP contribution in [0.15, 0.2) is 47.5 Å². The Morgan fingerprint density at radius 2 is 1.97 bits per heavy atom. The summed E-state index contributed by atoms with van der Waals surface area (Å²) in [6.07, 6.45) is 0.629. The molecule has 0 spiro atoms. The molecule has 1 aliphatic rings. The van der Waals surface area contributed by atoms with Gasteiger partial charge >= 0.3 is 6.18 Å². The molecular formula is C21H19F3N6O. The average Bonchev–Trinajstić information content (AvgIpc) is 3.29. The second kappa shape index (κ2) is 6.53. The van der Waals surface area contributed by atoms with Gasteiger partial charge in [-0.2, -0.15) is 18.3 Å². The fourth-order valence-corrected chi connectivity index (χ4v) is 3.71. The van der Waals surface area contributed by atoms with Gasteiger partial charge in [0.1, 0.15) is 11.5 Å². The predicted octanol–water partition coefficient (Wildman–Crippen LogP) is 4.14. The van der Waals surface area contributed by atoms with Crippen molar-refractivity contribution >= 4 is 22.4 Å². The molecule has 0 saturated heterocycles. The largest absolute Gasteiger partial charge is 0.433 e. The Morgan fingerprint density at radius 3 is 2.68 bits per heavy atom. The van der Waals surface area contributed by atoms with Crippen molar-refractivity contribution < 1.29 is 13.2 Å². The lowest BCUT2D eigenvalue weighted by Gasteiger charge is -2.19. The zero-order chi connectivity index (χ0) is 22.0. The van der Waals surface area contributed by atoms with Crippen molar-refractivity contribution in [2.24, 2.45) is 0 Å². The highest BCUT2D eigenvalue weighted by Crippen LogP contribution is 2.42. The van der Waals surface area contributed by atoms with E-state index in [4.69, 9.17) is 0 Å². The number of aromatic nitrogens is 5. The van der Waals surface area contributed by atoms with Crippen LogP contribution in [0.1, 0.15) is 44.1 Å². The zero-order valence-corrected chi connectivity index (χ0v) is 16.8. The number of pyridine rings is 2. The van der Waals surface area contributed by atoms with Crippen LogP contribution in [-0.2, 0) is 11.7 Å². The molecular weight excluding hydrogens is 409 g/mol. The number of hydrogen-bond acceptors (Lipinski definition) is 5. The summed E-state index contributed by atoms with van der Waals surface area (Å²) < 4.78 is 42.5. The van der Waals surface area contributed by atoms with E-state index in [1.54, 1.807) is 34.5 Å². The van der Waals surface area contributed by atoms with Crippen molar-refractivity contribution in [3.8, 4) is 0 Å². The number of halogens is 3. The van der Waals surface area contributed by atoms with E-state index in [0.29, 0.717) is 22.4 Å². The third-order valence-corrected chi connectivity index (χ3v) is 5.78. The second-order valence-electron chi connectivity index (χ2n) is 8.15. The van der Waals surface area contributed by atoms with Gasteiger partial charge in [0.15, 0.2) is 5.65 Å². The van der Waals surface area contributed by atoms with Crippen molar-refractivity contribution in [3.63, 3.8) is 0 Å². The molecule has 4 aromatic heterocycles. The van der Waals surface area contributed by atoms with Gasteiger partial charge in [0.05, 0.1) is 28.8 Å². The molecule has 1 atom stereocenters. The maximum Gasteiger partial charge on any atom is 0.433 e. The van der Waals surface area contributed by atoms with Crippen LogP contribution in [-0.4, -0.2) is 24.1 Å². The minimum absolute atomic E-state index is 0.131. The summed E-state index contributed by atoms with van der Waals surface area (Å²) in [4.78, 5) is 21.1. The molecule has 0 unspecified atom stereocenters. The fraction of sp³-hybridized carbons (Fsp3) is 0.333. The van der Waals surface area contributed by atoms with E-state index in [-0.39, 0.29) is 16.8 Å². The van der Waals surface area contributed by atoms with Gasteiger partial charge in [0.2, 0.25) is 0 Å². The second-order valence-corrected chi connectivity index (χ2v) is 8.15. The molecule has 0 bridgehead atoms. The lowest BCUT2D eigenvalue weighted by Crippen LogP contribution is -2.27. The lowest BCUT2D eigenvalue weighted by atomic mass is 10.2. The highest BCUT2D eigenvalue weighted by atomic mass is 19.4. The highest BCUT2D eigenvalue weighted by molar-refractivity contribution is 5.90. The van der Waals surface area contributed by atoms with Gasteiger partial charge in [-0.25, -0.2) is 14.5 Å². The quantitative estimate of drug-likeness (QED) is 0.529. The van der Waals surface area contributed by atoms with Crippen LogP contribution in [0.2, 0.25) is 0 Å². The maximum absolute atomic E-state index is 13.1. The van der Waals surface area contributed by atoms with Crippen LogP contribution in [0.25, 0.3) is 16.6 Å². The van der Waals surface area contributed by atoms with Gasteiger partial charge in [0, 0.05) is 23.9 Å². The van der Waals surface area contributed by atoms with E-state index < -0.39 is 17.9 Å². The number of rotatable bonds is 4. The van der Waals surface area contributed by atoms with Crippen LogP contribution in [0.4, 0.5) is 19.0 Å². The lowest BCUT2D eigenvalue weighted by molar-refractivity contribution is -0.141. The highest BCUT2D eigenvalue weighted by Gasteiger charge is 2.40. The number of fused-ring (bicyclic) bond motifs is 3. The summed E-state index contributed by atoms with van der Waals surface area (Å²) in [6, 6.07) is 6.48. The van der Waals surface area contributed by atoms with E-state index in [9.17, 15) is 18.0 Å². The Kier molecular flexibility index (Phi) is 4.11. The minimum Gasteiger partial charge on any atom is -0.361 e. The van der Waals surface area contributed by atoms with Gasteiger partial charge in [-0.15, -0.1) is 0 Å². The van der Waals surface area contributed by atoms with Gasteiger partial charge in [0.25, 0.3) is 5.56 Å². The van der Waals surface area contributed by atoms with Crippen LogP contribution in [0.3, 0.4) is 0 Å². The Balaban J connectivity index is 1.62. The summed E-state index contributed by atoms with van der Waals surface area (Å²) in [5.41, 5.74) is 0.0320. The number of anilines is 1. The van der Waals surface area contributed by atoms with Crippen molar-refractivity contribution in [3.05, 3.63) is 64.5 Å². The topological polar surface area (TPSA) is 77.1 Å². The predicted molar refractivity (Wildman–Crippen MR) is 109 cm³/mol. The van der Waals surface area contributed by atoms with Gasteiger partial charge < -0.3 is 9.88 Å². The van der Waals surface area contributed by atoms with Crippen LogP contribution < -0.4 is 10.9 Å². The fourth-order valence-electron chi connectivity index (χ4n) is 3.71. The molecule has 10 heteroatoms. The molecule has 0 radical (unpaired) electrons. The Labute approximate surface area is 174 Å². The van der Waals surface area contributed by atoms with E-state index in [0.717, 1.165) is 18.9 Å². The molecule has 1 saturated carbocycles. The van der Waals surface area contributed by atoms with E-state index in [2.05, 4.69) is 20.4 Å². The summed E-state index contributed by atoms with van der Waals surface area (Å²) in [6.45, 7) is 3.73. The molecule has 160 valence electrons. The van der Waals surface area contributed by atoms with Crippen LogP contribution in [0.5, 0.6) is 0 Å². The summed E-state index contributed by atoms with van der Waals surface area (Å²) in [7, 11) is 0. The molecule has 5 rings (SSSR count). The normalized spacial score (nSPS) is 16.5. The number of nitrogens with one attached hydrogen (secondary N) is 1. The van der Waals surface area contributed by atoms with Crippen molar-refractivity contribution in [2.75, 3.05) is 5.32 Å². The maximum atomic E-state index is 13.1. The third kappa shape index (κ3) is 3.31. The summed E-state index contributed by atoms with van der Waals surface area (Å²) in [5, 5.41) is 8.09. The molecule has 0 amide bonds. The van der Waals surface area contributed by atoms with Gasteiger partial charge in [-0.05, 0) is 38.8 Å². The van der Waals surface area contributed by atoms with Gasteiger partial charge in [-0.1, -0.05) is 6.07 Å². The van der Waals surface area contributed by atoms with Crippen molar-refractivity contribution in [1.29, 1.82) is 0 Å². The Bertz CT molecular complexity index is 1370. The van der Waals surface area contributed by atoms with E-state index in [1.165, 1.54) is 18.2 Å². The zero-order valence-electron chi connectivity index (χ0n) is 16.8. The molecule has 1 fully saturated rings. The van der Waals surface area contributed by atoms with E-state index in [1.807, 2.05) is 6.92 Å². The molecule has 0 aromatic carbocycles.